The number of amides is 1. The fourth-order valence-corrected chi connectivity index (χ4v) is 2.99. The van der Waals surface area contributed by atoms with Gasteiger partial charge in [0.25, 0.3) is 5.91 Å². The highest BCUT2D eigenvalue weighted by Gasteiger charge is 2.15. The Morgan fingerprint density at radius 3 is 2.53 bits per heavy atom. The van der Waals surface area contributed by atoms with Crippen molar-refractivity contribution in [2.45, 2.75) is 19.9 Å². The lowest BCUT2D eigenvalue weighted by molar-refractivity contribution is -0.117. The van der Waals surface area contributed by atoms with E-state index in [1.54, 1.807) is 18.2 Å². The Morgan fingerprint density at radius 2 is 1.87 bits per heavy atom. The molecule has 0 saturated carbocycles. The quantitative estimate of drug-likeness (QED) is 0.460. The number of benzene rings is 2. The third kappa shape index (κ3) is 4.65. The van der Waals surface area contributed by atoms with Gasteiger partial charge in [0.15, 0.2) is 0 Å². The van der Waals surface area contributed by atoms with Crippen molar-refractivity contribution in [1.82, 2.24) is 5.32 Å². The molecular weight excluding hydrogens is 380 g/mol. The van der Waals surface area contributed by atoms with Gasteiger partial charge in [-0.1, -0.05) is 36.4 Å². The Balaban J connectivity index is 1.82. The topological polar surface area (TPSA) is 103 Å². The van der Waals surface area contributed by atoms with E-state index in [2.05, 4.69) is 5.32 Å². The summed E-state index contributed by atoms with van der Waals surface area (Å²) in [7, 11) is 0. The molecule has 6 heteroatoms. The maximum absolute atomic E-state index is 12.5. The van der Waals surface area contributed by atoms with Crippen LogP contribution >= 0.6 is 0 Å². The third-order valence-electron chi connectivity index (χ3n) is 4.68. The second-order valence-electron chi connectivity index (χ2n) is 6.81. The van der Waals surface area contributed by atoms with Crippen molar-refractivity contribution in [2.75, 3.05) is 0 Å². The maximum Gasteiger partial charge on any atom is 0.335 e. The van der Waals surface area contributed by atoms with Crippen molar-refractivity contribution < 1.29 is 19.1 Å². The minimum atomic E-state index is -1.03. The summed E-state index contributed by atoms with van der Waals surface area (Å²) in [6, 6.07) is 19.2. The molecule has 0 radical (unpaired) electrons. The fraction of sp³-hybridized carbons (Fsp3) is 0.125. The van der Waals surface area contributed by atoms with Crippen LogP contribution in [0.5, 0.6) is 0 Å². The number of nitriles is 1. The molecule has 0 bridgehead atoms. The molecule has 0 aliphatic carbocycles. The molecule has 2 N–H and O–H groups in total. The van der Waals surface area contributed by atoms with Gasteiger partial charge in [-0.2, -0.15) is 5.26 Å². The van der Waals surface area contributed by atoms with Crippen LogP contribution in [0.1, 0.15) is 40.2 Å². The second kappa shape index (κ2) is 8.93. The van der Waals surface area contributed by atoms with Crippen LogP contribution in [-0.4, -0.2) is 17.0 Å². The summed E-state index contributed by atoms with van der Waals surface area (Å²) >= 11 is 0. The van der Waals surface area contributed by atoms with Crippen LogP contribution in [0.15, 0.2) is 70.7 Å². The van der Waals surface area contributed by atoms with E-state index in [1.165, 1.54) is 18.2 Å². The predicted molar refractivity (Wildman–Crippen MR) is 112 cm³/mol. The normalized spacial score (nSPS) is 12.1. The van der Waals surface area contributed by atoms with Crippen molar-refractivity contribution in [3.63, 3.8) is 0 Å². The summed E-state index contributed by atoms with van der Waals surface area (Å²) in [5.74, 6) is -0.754. The van der Waals surface area contributed by atoms with Crippen LogP contribution in [0.2, 0.25) is 0 Å². The number of nitrogens with zero attached hydrogens (tertiary/aromatic N) is 1. The minimum absolute atomic E-state index is 0.0883. The summed E-state index contributed by atoms with van der Waals surface area (Å²) in [6.07, 6.45) is 1.37. The van der Waals surface area contributed by atoms with E-state index in [9.17, 15) is 20.0 Å². The largest absolute Gasteiger partial charge is 0.478 e. The van der Waals surface area contributed by atoms with Gasteiger partial charge in [0.2, 0.25) is 0 Å². The lowest BCUT2D eigenvalue weighted by atomic mass is 10.0. The van der Waals surface area contributed by atoms with E-state index in [4.69, 9.17) is 4.42 Å². The zero-order valence-electron chi connectivity index (χ0n) is 16.5. The lowest BCUT2D eigenvalue weighted by Gasteiger charge is -2.13. The summed E-state index contributed by atoms with van der Waals surface area (Å²) in [6.45, 7) is 3.68. The average molecular weight is 400 g/mol. The Labute approximate surface area is 174 Å². The molecule has 1 amide bonds. The molecule has 1 atom stereocenters. The Hall–Kier alpha value is -4.11. The van der Waals surface area contributed by atoms with Gasteiger partial charge < -0.3 is 14.8 Å². The average Bonchev–Trinajstić information content (AvgIpc) is 3.21. The summed E-state index contributed by atoms with van der Waals surface area (Å²) in [5.41, 5.74) is 2.47. The lowest BCUT2D eigenvalue weighted by Crippen LogP contribution is -2.27. The standard InChI is InChI=1S/C24H20N2O4/c1-15-8-9-18(24(28)29)13-21(15)22-11-10-20(30-22)12-19(14-25)23(27)26-16(2)17-6-4-3-5-7-17/h3-13,16H,1-2H3,(H,26,27)(H,28,29)/b19-12-/t16-/m1/s1. The van der Waals surface area contributed by atoms with E-state index in [-0.39, 0.29) is 17.2 Å². The van der Waals surface area contributed by atoms with Gasteiger partial charge in [-0.15, -0.1) is 0 Å². The molecule has 3 rings (SSSR count). The van der Waals surface area contributed by atoms with Gasteiger partial charge >= 0.3 is 5.97 Å². The molecule has 2 aromatic carbocycles. The predicted octanol–water partition coefficient (Wildman–Crippen LogP) is 4.74. The molecule has 0 fully saturated rings. The molecule has 0 unspecified atom stereocenters. The van der Waals surface area contributed by atoms with Crippen molar-refractivity contribution in [3.8, 4) is 17.4 Å². The number of aromatic carboxylic acids is 1. The number of hydrogen-bond donors (Lipinski definition) is 2. The number of aryl methyl sites for hydroxylation is 1. The third-order valence-corrected chi connectivity index (χ3v) is 4.68. The minimum Gasteiger partial charge on any atom is -0.478 e. The highest BCUT2D eigenvalue weighted by Crippen LogP contribution is 2.27. The van der Waals surface area contributed by atoms with Gasteiger partial charge in [-0.05, 0) is 49.2 Å². The van der Waals surface area contributed by atoms with Gasteiger partial charge in [0.05, 0.1) is 11.6 Å². The smallest absolute Gasteiger partial charge is 0.335 e. The zero-order chi connectivity index (χ0) is 21.7. The molecule has 1 heterocycles. The summed E-state index contributed by atoms with van der Waals surface area (Å²) in [4.78, 5) is 23.7. The zero-order valence-corrected chi connectivity index (χ0v) is 16.5. The van der Waals surface area contributed by atoms with Gasteiger partial charge in [0, 0.05) is 11.6 Å². The molecule has 0 aliphatic heterocycles. The molecule has 0 aliphatic rings. The van der Waals surface area contributed by atoms with Crippen LogP contribution in [-0.2, 0) is 4.79 Å². The number of furan rings is 1. The Bertz CT molecular complexity index is 1150. The van der Waals surface area contributed by atoms with Crippen molar-refractivity contribution in [2.24, 2.45) is 0 Å². The van der Waals surface area contributed by atoms with Gasteiger partial charge in [-0.25, -0.2) is 4.79 Å². The van der Waals surface area contributed by atoms with Crippen LogP contribution in [0.4, 0.5) is 0 Å². The maximum atomic E-state index is 12.5. The molecular formula is C24H20N2O4. The Kier molecular flexibility index (Phi) is 6.14. The highest BCUT2D eigenvalue weighted by molar-refractivity contribution is 6.01. The van der Waals surface area contributed by atoms with Gasteiger partial charge in [0.1, 0.15) is 23.2 Å². The molecule has 6 nitrogen and oxygen atoms in total. The van der Waals surface area contributed by atoms with Crippen LogP contribution in [0.3, 0.4) is 0 Å². The van der Waals surface area contributed by atoms with E-state index in [0.717, 1.165) is 11.1 Å². The number of carbonyl (C=O) groups is 2. The molecule has 1 aromatic heterocycles. The fourth-order valence-electron chi connectivity index (χ4n) is 2.99. The highest BCUT2D eigenvalue weighted by atomic mass is 16.4. The number of carboxylic acid groups (broad SMARTS) is 1. The first kappa shape index (κ1) is 20.6. The molecule has 150 valence electrons. The number of carboxylic acids is 1. The van der Waals surface area contributed by atoms with Crippen LogP contribution in [0.25, 0.3) is 17.4 Å². The number of nitrogens with one attached hydrogen (secondary N) is 1. The molecule has 3 aromatic rings. The van der Waals surface area contributed by atoms with Crippen molar-refractivity contribution >= 4 is 18.0 Å². The molecule has 0 spiro atoms. The van der Waals surface area contributed by atoms with Crippen molar-refractivity contribution in [1.29, 1.82) is 5.26 Å². The van der Waals surface area contributed by atoms with Crippen LogP contribution < -0.4 is 5.32 Å². The van der Waals surface area contributed by atoms with Gasteiger partial charge in [-0.3, -0.25) is 4.79 Å². The number of hydrogen-bond acceptors (Lipinski definition) is 4. The summed E-state index contributed by atoms with van der Waals surface area (Å²) < 4.78 is 5.76. The van der Waals surface area contributed by atoms with Crippen LogP contribution in [0, 0.1) is 18.3 Å². The monoisotopic (exact) mass is 400 g/mol. The number of carbonyl (C=O) groups excluding carboxylic acids is 1. The van der Waals surface area contributed by atoms with E-state index < -0.39 is 11.9 Å². The molecule has 30 heavy (non-hydrogen) atoms. The SMILES string of the molecule is Cc1ccc(C(=O)O)cc1-c1ccc(/C=C(/C#N)C(=O)N[C@H](C)c2ccccc2)o1. The second-order valence-corrected chi connectivity index (χ2v) is 6.81. The summed E-state index contributed by atoms with van der Waals surface area (Å²) in [5, 5.41) is 21.4. The first-order chi connectivity index (χ1) is 14.4. The molecule has 0 saturated heterocycles. The Morgan fingerprint density at radius 1 is 1.13 bits per heavy atom. The first-order valence-corrected chi connectivity index (χ1v) is 9.31. The van der Waals surface area contributed by atoms with E-state index in [1.807, 2.05) is 50.2 Å². The number of rotatable bonds is 6. The van der Waals surface area contributed by atoms with Crippen molar-refractivity contribution in [3.05, 3.63) is 88.7 Å². The van der Waals surface area contributed by atoms with E-state index in [0.29, 0.717) is 17.1 Å². The van der Waals surface area contributed by atoms with E-state index >= 15 is 0 Å². The first-order valence-electron chi connectivity index (χ1n) is 9.31.